The fraction of sp³-hybridized carbons (Fsp3) is 0.105. The van der Waals surface area contributed by atoms with Crippen LogP contribution in [0.5, 0.6) is 0 Å². The average molecular weight is 427 g/mol. The maximum atomic E-state index is 12.6. The van der Waals surface area contributed by atoms with E-state index in [9.17, 15) is 4.79 Å². The summed E-state index contributed by atoms with van der Waals surface area (Å²) in [6.45, 7) is 0. The lowest BCUT2D eigenvalue weighted by Gasteiger charge is -2.11. The smallest absolute Gasteiger partial charge is 0.291 e. The maximum Gasteiger partial charge on any atom is 0.291 e. The van der Waals surface area contributed by atoms with Crippen LogP contribution in [0.25, 0.3) is 22.4 Å². The van der Waals surface area contributed by atoms with Crippen LogP contribution in [0, 0.1) is 0 Å². The second kappa shape index (κ2) is 6.66. The molecule has 0 aliphatic heterocycles. The van der Waals surface area contributed by atoms with Crippen molar-refractivity contribution in [1.82, 2.24) is 14.6 Å². The number of aromatic nitrogens is 3. The Labute approximate surface area is 162 Å². The van der Waals surface area contributed by atoms with Crippen LogP contribution in [0.1, 0.15) is 5.56 Å². The van der Waals surface area contributed by atoms with Crippen molar-refractivity contribution < 1.29 is 0 Å². The molecule has 0 bridgehead atoms. The topological polar surface area (TPSA) is 50.5 Å². The van der Waals surface area contributed by atoms with Gasteiger partial charge in [0.15, 0.2) is 5.82 Å². The van der Waals surface area contributed by atoms with Gasteiger partial charge in [-0.25, -0.2) is 0 Å². The molecule has 0 aliphatic rings. The summed E-state index contributed by atoms with van der Waals surface area (Å²) in [4.78, 5) is 19.8. The predicted octanol–water partition coefficient (Wildman–Crippen LogP) is 3.19. The van der Waals surface area contributed by atoms with Gasteiger partial charge in [-0.05, 0) is 35.9 Å². The van der Waals surface area contributed by atoms with Gasteiger partial charge in [-0.2, -0.15) is 9.50 Å². The van der Waals surface area contributed by atoms with Crippen molar-refractivity contribution >= 4 is 44.0 Å². The lowest BCUT2D eigenvalue weighted by atomic mass is 10.2. The first kappa shape index (κ1) is 16.9. The standard InChI is InChI=1S/C19H15BrN4OS/c1-23(2)15-9-3-12(4-10-15)11-16-18(25)24-19(26-16)21-17(22-24)13-5-7-14(20)8-6-13/h3-11H,1-2H3/b16-11+. The summed E-state index contributed by atoms with van der Waals surface area (Å²) < 4.78 is 2.99. The molecule has 5 nitrogen and oxygen atoms in total. The van der Waals surface area contributed by atoms with E-state index in [1.165, 1.54) is 15.9 Å². The van der Waals surface area contributed by atoms with E-state index in [0.717, 1.165) is 21.3 Å². The van der Waals surface area contributed by atoms with Crippen LogP contribution < -0.4 is 15.0 Å². The molecular formula is C19H15BrN4OS. The van der Waals surface area contributed by atoms with Gasteiger partial charge in [0.2, 0.25) is 4.96 Å². The summed E-state index contributed by atoms with van der Waals surface area (Å²) >= 11 is 4.76. The lowest BCUT2D eigenvalue weighted by Crippen LogP contribution is -2.23. The molecule has 0 saturated carbocycles. The minimum Gasteiger partial charge on any atom is -0.378 e. The molecule has 0 spiro atoms. The molecule has 0 unspecified atom stereocenters. The first-order valence-corrected chi connectivity index (χ1v) is 9.57. The zero-order chi connectivity index (χ0) is 18.3. The highest BCUT2D eigenvalue weighted by atomic mass is 79.9. The zero-order valence-corrected chi connectivity index (χ0v) is 16.6. The lowest BCUT2D eigenvalue weighted by molar-refractivity contribution is 0.937. The fourth-order valence-corrected chi connectivity index (χ4v) is 3.75. The van der Waals surface area contributed by atoms with E-state index in [0.29, 0.717) is 15.3 Å². The summed E-state index contributed by atoms with van der Waals surface area (Å²) in [7, 11) is 3.99. The highest BCUT2D eigenvalue weighted by molar-refractivity contribution is 9.10. The number of hydrogen-bond acceptors (Lipinski definition) is 5. The van der Waals surface area contributed by atoms with Crippen molar-refractivity contribution in [3.05, 3.63) is 73.5 Å². The Morgan fingerprint density at radius 2 is 1.77 bits per heavy atom. The normalized spacial score (nSPS) is 12.0. The monoisotopic (exact) mass is 426 g/mol. The molecule has 0 saturated heterocycles. The van der Waals surface area contributed by atoms with Gasteiger partial charge in [-0.15, -0.1) is 5.10 Å². The van der Waals surface area contributed by atoms with Gasteiger partial charge in [0.25, 0.3) is 5.56 Å². The molecule has 4 aromatic rings. The summed E-state index contributed by atoms with van der Waals surface area (Å²) in [6, 6.07) is 15.8. The van der Waals surface area contributed by atoms with Gasteiger partial charge in [-0.3, -0.25) is 4.79 Å². The van der Waals surface area contributed by atoms with Crippen LogP contribution in [-0.2, 0) is 0 Å². The molecule has 26 heavy (non-hydrogen) atoms. The Hall–Kier alpha value is -2.51. The number of benzene rings is 2. The Morgan fingerprint density at radius 1 is 1.08 bits per heavy atom. The van der Waals surface area contributed by atoms with Crippen LogP contribution >= 0.6 is 27.3 Å². The maximum absolute atomic E-state index is 12.6. The third-order valence-corrected chi connectivity index (χ3v) is 5.48. The highest BCUT2D eigenvalue weighted by Gasteiger charge is 2.11. The number of thiazole rings is 1. The van der Waals surface area contributed by atoms with Crippen LogP contribution in [0.3, 0.4) is 0 Å². The van der Waals surface area contributed by atoms with E-state index in [2.05, 4.69) is 26.0 Å². The van der Waals surface area contributed by atoms with Crippen molar-refractivity contribution in [2.75, 3.05) is 19.0 Å². The molecule has 0 N–H and O–H groups in total. The number of fused-ring (bicyclic) bond motifs is 1. The van der Waals surface area contributed by atoms with Crippen molar-refractivity contribution in [2.24, 2.45) is 0 Å². The summed E-state index contributed by atoms with van der Waals surface area (Å²) in [5, 5.41) is 4.37. The van der Waals surface area contributed by atoms with E-state index >= 15 is 0 Å². The summed E-state index contributed by atoms with van der Waals surface area (Å²) in [5.41, 5.74) is 2.84. The van der Waals surface area contributed by atoms with Crippen LogP contribution in [0.4, 0.5) is 5.69 Å². The summed E-state index contributed by atoms with van der Waals surface area (Å²) in [5.74, 6) is 0.558. The van der Waals surface area contributed by atoms with E-state index in [4.69, 9.17) is 0 Å². The van der Waals surface area contributed by atoms with Crippen molar-refractivity contribution in [2.45, 2.75) is 0 Å². The Morgan fingerprint density at radius 3 is 2.38 bits per heavy atom. The van der Waals surface area contributed by atoms with Gasteiger partial charge < -0.3 is 4.90 Å². The largest absolute Gasteiger partial charge is 0.378 e. The second-order valence-electron chi connectivity index (χ2n) is 6.04. The van der Waals surface area contributed by atoms with Gasteiger partial charge in [0, 0.05) is 29.8 Å². The summed E-state index contributed by atoms with van der Waals surface area (Å²) in [6.07, 6.45) is 1.88. The zero-order valence-electron chi connectivity index (χ0n) is 14.2. The van der Waals surface area contributed by atoms with Crippen LogP contribution in [0.2, 0.25) is 0 Å². The molecule has 0 fully saturated rings. The third kappa shape index (κ3) is 3.15. The highest BCUT2D eigenvalue weighted by Crippen LogP contribution is 2.19. The van der Waals surface area contributed by atoms with Crippen molar-refractivity contribution in [1.29, 1.82) is 0 Å². The molecule has 0 amide bonds. The van der Waals surface area contributed by atoms with Crippen LogP contribution in [0.15, 0.2) is 57.8 Å². The molecule has 2 aromatic heterocycles. The Balaban J connectivity index is 1.73. The first-order chi connectivity index (χ1) is 12.5. The number of anilines is 1. The van der Waals surface area contributed by atoms with Crippen LogP contribution in [-0.4, -0.2) is 28.7 Å². The number of rotatable bonds is 3. The SMILES string of the molecule is CN(C)c1ccc(/C=c2/sc3nc(-c4ccc(Br)cc4)nn3c2=O)cc1. The molecule has 4 rings (SSSR count). The molecule has 7 heteroatoms. The average Bonchev–Trinajstić information content (AvgIpc) is 3.16. The van der Waals surface area contributed by atoms with Crippen molar-refractivity contribution in [3.8, 4) is 11.4 Å². The van der Waals surface area contributed by atoms with Crippen molar-refractivity contribution in [3.63, 3.8) is 0 Å². The minimum atomic E-state index is -0.141. The molecule has 0 radical (unpaired) electrons. The van der Waals surface area contributed by atoms with Gasteiger partial charge >= 0.3 is 0 Å². The molecule has 2 aromatic carbocycles. The minimum absolute atomic E-state index is 0.141. The third-order valence-electron chi connectivity index (χ3n) is 3.99. The molecule has 0 atom stereocenters. The number of hydrogen-bond donors (Lipinski definition) is 0. The second-order valence-corrected chi connectivity index (χ2v) is 7.96. The Bertz CT molecular complexity index is 1180. The molecular weight excluding hydrogens is 412 g/mol. The Kier molecular flexibility index (Phi) is 4.34. The van der Waals surface area contributed by atoms with E-state index in [-0.39, 0.29) is 5.56 Å². The fourth-order valence-electron chi connectivity index (χ4n) is 2.58. The number of nitrogens with zero attached hydrogens (tertiary/aromatic N) is 4. The van der Waals surface area contributed by atoms with Gasteiger partial charge in [0.05, 0.1) is 4.53 Å². The molecule has 2 heterocycles. The van der Waals surface area contributed by atoms with E-state index < -0.39 is 0 Å². The predicted molar refractivity (Wildman–Crippen MR) is 110 cm³/mol. The van der Waals surface area contributed by atoms with E-state index in [1.54, 1.807) is 0 Å². The quantitative estimate of drug-likeness (QED) is 0.504. The van der Waals surface area contributed by atoms with Gasteiger partial charge in [0.1, 0.15) is 0 Å². The number of halogens is 1. The first-order valence-electron chi connectivity index (χ1n) is 7.96. The molecule has 130 valence electrons. The van der Waals surface area contributed by atoms with E-state index in [1.807, 2.05) is 73.6 Å². The van der Waals surface area contributed by atoms with Gasteiger partial charge in [-0.1, -0.05) is 51.5 Å². The molecule has 0 aliphatic carbocycles.